The van der Waals surface area contributed by atoms with Gasteiger partial charge in [0.25, 0.3) is 0 Å². The monoisotopic (exact) mass is 271 g/mol. The molecule has 0 aromatic heterocycles. The van der Waals surface area contributed by atoms with Crippen molar-refractivity contribution in [2.24, 2.45) is 11.1 Å². The number of anilines is 2. The van der Waals surface area contributed by atoms with Crippen molar-refractivity contribution < 1.29 is 8.42 Å². The Labute approximate surface area is 109 Å². The zero-order chi connectivity index (χ0) is 13.9. The highest BCUT2D eigenvalue weighted by Crippen LogP contribution is 2.26. The van der Waals surface area contributed by atoms with Crippen LogP contribution in [0.4, 0.5) is 11.4 Å². The van der Waals surface area contributed by atoms with Gasteiger partial charge in [-0.25, -0.2) is 13.6 Å². The second-order valence-corrected chi connectivity index (χ2v) is 6.22. The van der Waals surface area contributed by atoms with Crippen molar-refractivity contribution in [1.29, 1.82) is 0 Å². The van der Waals surface area contributed by atoms with Crippen LogP contribution < -0.4 is 15.8 Å². The minimum absolute atomic E-state index is 0.0858. The Bertz CT molecular complexity index is 514. The van der Waals surface area contributed by atoms with Gasteiger partial charge in [-0.1, -0.05) is 20.3 Å². The van der Waals surface area contributed by atoms with Gasteiger partial charge in [0.05, 0.1) is 16.3 Å². The highest BCUT2D eigenvalue weighted by Gasteiger charge is 2.14. The Balaban J connectivity index is 3.08. The van der Waals surface area contributed by atoms with E-state index in [1.54, 1.807) is 6.07 Å². The number of nitrogens with zero attached hydrogens (tertiary/aromatic N) is 1. The van der Waals surface area contributed by atoms with Gasteiger partial charge in [0.15, 0.2) is 0 Å². The molecule has 0 heterocycles. The van der Waals surface area contributed by atoms with Gasteiger partial charge in [-0.15, -0.1) is 0 Å². The average molecular weight is 271 g/mol. The molecule has 1 unspecified atom stereocenters. The van der Waals surface area contributed by atoms with E-state index >= 15 is 0 Å². The van der Waals surface area contributed by atoms with Crippen LogP contribution in [-0.2, 0) is 10.0 Å². The highest BCUT2D eigenvalue weighted by atomic mass is 32.2. The first-order chi connectivity index (χ1) is 8.25. The summed E-state index contributed by atoms with van der Waals surface area (Å²) in [4.78, 5) is 2.04. The molecule has 0 spiro atoms. The fourth-order valence-electron chi connectivity index (χ4n) is 1.73. The lowest BCUT2D eigenvalue weighted by Crippen LogP contribution is -2.25. The van der Waals surface area contributed by atoms with Crippen molar-refractivity contribution in [3.8, 4) is 0 Å². The van der Waals surface area contributed by atoms with E-state index in [1.807, 2.05) is 11.9 Å². The van der Waals surface area contributed by atoms with Crippen LogP contribution in [0.5, 0.6) is 0 Å². The third-order valence-corrected chi connectivity index (χ3v) is 3.94. The first kappa shape index (κ1) is 14.8. The zero-order valence-electron chi connectivity index (χ0n) is 11.1. The standard InChI is InChI=1S/C12H21N3O2S/c1-4-9(2)8-15(3)12-7-10(18(14,16)17)5-6-11(12)13/h5-7,9H,4,8,13H2,1-3H3,(H2,14,16,17). The zero-order valence-corrected chi connectivity index (χ0v) is 11.9. The van der Waals surface area contributed by atoms with E-state index in [9.17, 15) is 8.42 Å². The number of sulfonamides is 1. The SMILES string of the molecule is CCC(C)CN(C)c1cc(S(N)(=O)=O)ccc1N. The average Bonchev–Trinajstić information content (AvgIpc) is 2.27. The summed E-state index contributed by atoms with van der Waals surface area (Å²) in [6.45, 7) is 5.06. The summed E-state index contributed by atoms with van der Waals surface area (Å²) in [6, 6.07) is 4.51. The van der Waals surface area contributed by atoms with Crippen LogP contribution in [0.2, 0.25) is 0 Å². The largest absolute Gasteiger partial charge is 0.397 e. The van der Waals surface area contributed by atoms with Gasteiger partial charge < -0.3 is 10.6 Å². The first-order valence-corrected chi connectivity index (χ1v) is 7.43. The maximum atomic E-state index is 11.3. The summed E-state index contributed by atoms with van der Waals surface area (Å²) in [5.74, 6) is 0.507. The fraction of sp³-hybridized carbons (Fsp3) is 0.500. The summed E-state index contributed by atoms with van der Waals surface area (Å²) in [5.41, 5.74) is 7.12. The molecule has 18 heavy (non-hydrogen) atoms. The second-order valence-electron chi connectivity index (χ2n) is 4.66. The molecule has 5 nitrogen and oxygen atoms in total. The third-order valence-electron chi connectivity index (χ3n) is 3.02. The minimum atomic E-state index is -3.69. The molecule has 0 aliphatic heterocycles. The van der Waals surface area contributed by atoms with Crippen LogP contribution >= 0.6 is 0 Å². The molecule has 0 bridgehead atoms. The molecule has 0 amide bonds. The van der Waals surface area contributed by atoms with Gasteiger partial charge in [-0.05, 0) is 24.1 Å². The van der Waals surface area contributed by atoms with Crippen molar-refractivity contribution in [1.82, 2.24) is 0 Å². The Morgan fingerprint density at radius 3 is 2.50 bits per heavy atom. The highest BCUT2D eigenvalue weighted by molar-refractivity contribution is 7.89. The lowest BCUT2D eigenvalue weighted by Gasteiger charge is -2.24. The lowest BCUT2D eigenvalue weighted by atomic mass is 10.1. The molecule has 1 aromatic rings. The molecule has 0 saturated heterocycles. The summed E-state index contributed by atoms with van der Waals surface area (Å²) in [7, 11) is -1.80. The van der Waals surface area contributed by atoms with Crippen LogP contribution in [0.1, 0.15) is 20.3 Å². The Morgan fingerprint density at radius 1 is 1.39 bits per heavy atom. The minimum Gasteiger partial charge on any atom is -0.397 e. The molecule has 0 fully saturated rings. The van der Waals surface area contributed by atoms with E-state index in [0.717, 1.165) is 13.0 Å². The van der Waals surface area contributed by atoms with Crippen molar-refractivity contribution in [2.75, 3.05) is 24.2 Å². The molecule has 0 aliphatic carbocycles. The number of benzene rings is 1. The molecule has 1 rings (SSSR count). The molecule has 0 saturated carbocycles. The summed E-state index contributed by atoms with van der Waals surface area (Å²) in [6.07, 6.45) is 1.05. The van der Waals surface area contributed by atoms with Gasteiger partial charge >= 0.3 is 0 Å². The van der Waals surface area contributed by atoms with Crippen molar-refractivity contribution in [3.63, 3.8) is 0 Å². The van der Waals surface area contributed by atoms with E-state index in [4.69, 9.17) is 10.9 Å². The summed E-state index contributed by atoms with van der Waals surface area (Å²) >= 11 is 0. The molecular formula is C12H21N3O2S. The van der Waals surface area contributed by atoms with E-state index < -0.39 is 10.0 Å². The van der Waals surface area contributed by atoms with Crippen LogP contribution in [-0.4, -0.2) is 22.0 Å². The number of primary sulfonamides is 1. The predicted octanol–water partition coefficient (Wildman–Crippen LogP) is 1.40. The van der Waals surface area contributed by atoms with Crippen LogP contribution in [0, 0.1) is 5.92 Å². The molecule has 0 radical (unpaired) electrons. The normalized spacial score (nSPS) is 13.3. The Hall–Kier alpha value is -1.27. The number of hydrogen-bond donors (Lipinski definition) is 2. The van der Waals surface area contributed by atoms with E-state index in [1.165, 1.54) is 12.1 Å². The van der Waals surface area contributed by atoms with Gasteiger partial charge in [-0.3, -0.25) is 0 Å². The van der Waals surface area contributed by atoms with Gasteiger partial charge in [-0.2, -0.15) is 0 Å². The van der Waals surface area contributed by atoms with E-state index in [2.05, 4.69) is 13.8 Å². The fourth-order valence-corrected chi connectivity index (χ4v) is 2.26. The molecule has 102 valence electrons. The predicted molar refractivity (Wildman–Crippen MR) is 75.0 cm³/mol. The lowest BCUT2D eigenvalue weighted by molar-refractivity contribution is 0.560. The molecule has 0 aliphatic rings. The van der Waals surface area contributed by atoms with Crippen LogP contribution in [0.3, 0.4) is 0 Å². The Kier molecular flexibility index (Phi) is 4.59. The number of nitrogen functional groups attached to an aromatic ring is 1. The van der Waals surface area contributed by atoms with Crippen molar-refractivity contribution in [2.45, 2.75) is 25.2 Å². The van der Waals surface area contributed by atoms with Crippen LogP contribution in [0.15, 0.2) is 23.1 Å². The molecule has 6 heteroatoms. The Morgan fingerprint density at radius 2 is 2.00 bits per heavy atom. The second kappa shape index (κ2) is 5.58. The third kappa shape index (κ3) is 3.61. The number of rotatable bonds is 5. The van der Waals surface area contributed by atoms with E-state index in [0.29, 0.717) is 17.3 Å². The van der Waals surface area contributed by atoms with Gasteiger partial charge in [0, 0.05) is 13.6 Å². The number of nitrogens with two attached hydrogens (primary N) is 2. The maximum absolute atomic E-state index is 11.3. The maximum Gasteiger partial charge on any atom is 0.238 e. The molecular weight excluding hydrogens is 250 g/mol. The van der Waals surface area contributed by atoms with Crippen molar-refractivity contribution >= 4 is 21.4 Å². The number of hydrogen-bond acceptors (Lipinski definition) is 4. The van der Waals surface area contributed by atoms with Gasteiger partial charge in [0.2, 0.25) is 10.0 Å². The molecule has 4 N–H and O–H groups in total. The topological polar surface area (TPSA) is 89.4 Å². The molecule has 1 atom stereocenters. The summed E-state index contributed by atoms with van der Waals surface area (Å²) < 4.78 is 22.6. The first-order valence-electron chi connectivity index (χ1n) is 5.89. The van der Waals surface area contributed by atoms with Crippen LogP contribution in [0.25, 0.3) is 0 Å². The summed E-state index contributed by atoms with van der Waals surface area (Å²) in [5, 5.41) is 5.12. The van der Waals surface area contributed by atoms with Gasteiger partial charge in [0.1, 0.15) is 0 Å². The quantitative estimate of drug-likeness (QED) is 0.792. The van der Waals surface area contributed by atoms with E-state index in [-0.39, 0.29) is 4.90 Å². The molecule has 1 aromatic carbocycles. The van der Waals surface area contributed by atoms with Crippen molar-refractivity contribution in [3.05, 3.63) is 18.2 Å². The smallest absolute Gasteiger partial charge is 0.238 e.